The van der Waals surface area contributed by atoms with E-state index in [2.05, 4.69) is 10.3 Å². The monoisotopic (exact) mass is 497 g/mol. The van der Waals surface area contributed by atoms with Crippen molar-refractivity contribution in [1.29, 1.82) is 0 Å². The van der Waals surface area contributed by atoms with Gasteiger partial charge in [-0.25, -0.2) is 4.98 Å². The SMILES string of the molecule is Cc1ccc(C(=O)Nc2ccc(OCCc3csc(N)n3)cc2)c(-c2ccc(C(F)(F)F)cc2)c1. The maximum absolute atomic E-state index is 13.0. The largest absolute Gasteiger partial charge is 0.493 e. The molecule has 0 aliphatic heterocycles. The van der Waals surface area contributed by atoms with Crippen LogP contribution in [0, 0.1) is 6.92 Å². The summed E-state index contributed by atoms with van der Waals surface area (Å²) < 4.78 is 44.5. The molecule has 4 rings (SSSR count). The Labute approximate surface area is 204 Å². The number of hydrogen-bond donors (Lipinski definition) is 2. The number of anilines is 2. The predicted octanol–water partition coefficient (Wildman–Crippen LogP) is 6.59. The minimum atomic E-state index is -4.42. The number of rotatable bonds is 7. The Hall–Kier alpha value is -3.85. The van der Waals surface area contributed by atoms with Gasteiger partial charge in [0, 0.05) is 23.1 Å². The van der Waals surface area contributed by atoms with Crippen LogP contribution < -0.4 is 15.8 Å². The lowest BCUT2D eigenvalue weighted by Crippen LogP contribution is -2.13. The van der Waals surface area contributed by atoms with E-state index in [9.17, 15) is 18.0 Å². The molecule has 0 atom stereocenters. The lowest BCUT2D eigenvalue weighted by atomic mass is 9.96. The second kappa shape index (κ2) is 10.2. The molecule has 3 aromatic carbocycles. The minimum absolute atomic E-state index is 0.359. The highest BCUT2D eigenvalue weighted by molar-refractivity contribution is 7.13. The molecule has 0 saturated carbocycles. The van der Waals surface area contributed by atoms with E-state index in [-0.39, 0.29) is 5.91 Å². The Morgan fingerprint density at radius 1 is 1.06 bits per heavy atom. The fraction of sp³-hybridized carbons (Fsp3) is 0.154. The summed E-state index contributed by atoms with van der Waals surface area (Å²) in [6, 6.07) is 17.0. The molecule has 0 aliphatic rings. The summed E-state index contributed by atoms with van der Waals surface area (Å²) in [5.41, 5.74) is 8.65. The Balaban J connectivity index is 1.44. The third-order valence-electron chi connectivity index (χ3n) is 5.25. The van der Waals surface area contributed by atoms with Gasteiger partial charge >= 0.3 is 6.18 Å². The molecule has 3 N–H and O–H groups in total. The van der Waals surface area contributed by atoms with Crippen molar-refractivity contribution in [2.45, 2.75) is 19.5 Å². The molecule has 0 saturated heterocycles. The van der Waals surface area contributed by atoms with Gasteiger partial charge in [-0.05, 0) is 60.5 Å². The number of aromatic nitrogens is 1. The minimum Gasteiger partial charge on any atom is -0.493 e. The number of carbonyl (C=O) groups excluding carboxylic acids is 1. The van der Waals surface area contributed by atoms with Gasteiger partial charge in [0.25, 0.3) is 5.91 Å². The van der Waals surface area contributed by atoms with Gasteiger partial charge in [-0.3, -0.25) is 4.79 Å². The van der Waals surface area contributed by atoms with E-state index in [1.807, 2.05) is 12.3 Å². The lowest BCUT2D eigenvalue weighted by Gasteiger charge is -2.13. The van der Waals surface area contributed by atoms with Crippen LogP contribution in [0.2, 0.25) is 0 Å². The predicted molar refractivity (Wildman–Crippen MR) is 132 cm³/mol. The number of thiazole rings is 1. The molecule has 35 heavy (non-hydrogen) atoms. The van der Waals surface area contributed by atoms with Crippen LogP contribution >= 0.6 is 11.3 Å². The van der Waals surface area contributed by atoms with Crippen molar-refractivity contribution >= 4 is 28.1 Å². The van der Waals surface area contributed by atoms with Gasteiger partial charge in [0.1, 0.15) is 5.75 Å². The molecule has 0 bridgehead atoms. The summed E-state index contributed by atoms with van der Waals surface area (Å²) in [5, 5.41) is 5.25. The average Bonchev–Trinajstić information content (AvgIpc) is 3.24. The van der Waals surface area contributed by atoms with Crippen molar-refractivity contribution in [3.8, 4) is 16.9 Å². The molecule has 0 spiro atoms. The molecule has 4 aromatic rings. The van der Waals surface area contributed by atoms with E-state index in [1.165, 1.54) is 23.5 Å². The van der Waals surface area contributed by atoms with Gasteiger partial charge in [0.15, 0.2) is 5.13 Å². The van der Waals surface area contributed by atoms with Gasteiger partial charge in [-0.15, -0.1) is 11.3 Å². The highest BCUT2D eigenvalue weighted by atomic mass is 32.1. The number of nitrogens with two attached hydrogens (primary N) is 1. The maximum atomic E-state index is 13.0. The second-order valence-corrected chi connectivity index (χ2v) is 8.77. The van der Waals surface area contributed by atoms with Crippen molar-refractivity contribution in [2.75, 3.05) is 17.7 Å². The van der Waals surface area contributed by atoms with Crippen LogP contribution in [0.25, 0.3) is 11.1 Å². The fourth-order valence-electron chi connectivity index (χ4n) is 3.48. The summed E-state index contributed by atoms with van der Waals surface area (Å²) in [6.45, 7) is 2.30. The lowest BCUT2D eigenvalue weighted by molar-refractivity contribution is -0.137. The summed E-state index contributed by atoms with van der Waals surface area (Å²) in [6.07, 6.45) is -3.79. The van der Waals surface area contributed by atoms with Crippen LogP contribution in [0.4, 0.5) is 24.0 Å². The first-order chi connectivity index (χ1) is 16.7. The highest BCUT2D eigenvalue weighted by Crippen LogP contribution is 2.32. The molecular weight excluding hydrogens is 475 g/mol. The molecule has 1 amide bonds. The van der Waals surface area contributed by atoms with Crippen LogP contribution in [0.5, 0.6) is 5.75 Å². The van der Waals surface area contributed by atoms with Crippen LogP contribution in [0.1, 0.15) is 27.2 Å². The Kier molecular flexibility index (Phi) is 7.07. The zero-order valence-corrected chi connectivity index (χ0v) is 19.5. The van der Waals surface area contributed by atoms with Crippen molar-refractivity contribution in [1.82, 2.24) is 4.98 Å². The standard InChI is InChI=1S/C26H22F3N3O2S/c1-16-2-11-22(23(14-16)17-3-5-18(6-4-17)26(27,28)29)24(33)31-19-7-9-21(10-8-19)34-13-12-20-15-35-25(30)32-20/h2-11,14-15H,12-13H2,1H3,(H2,30,32)(H,31,33). The first kappa shape index (κ1) is 24.3. The van der Waals surface area contributed by atoms with Crippen LogP contribution in [-0.2, 0) is 12.6 Å². The number of ether oxygens (including phenoxy) is 1. The van der Waals surface area contributed by atoms with Crippen molar-refractivity contribution in [3.05, 3.63) is 94.5 Å². The fourth-order valence-corrected chi connectivity index (χ4v) is 4.07. The molecule has 9 heteroatoms. The molecule has 0 radical (unpaired) electrons. The number of benzene rings is 3. The van der Waals surface area contributed by atoms with E-state index >= 15 is 0 Å². The number of carbonyl (C=O) groups is 1. The summed E-state index contributed by atoms with van der Waals surface area (Å²) in [7, 11) is 0. The number of amides is 1. The molecule has 0 fully saturated rings. The average molecular weight is 498 g/mol. The van der Waals surface area contributed by atoms with E-state index in [0.29, 0.717) is 46.3 Å². The summed E-state index contributed by atoms with van der Waals surface area (Å²) in [5.74, 6) is 0.279. The van der Waals surface area contributed by atoms with E-state index < -0.39 is 11.7 Å². The summed E-state index contributed by atoms with van der Waals surface area (Å²) in [4.78, 5) is 17.2. The quantitative estimate of drug-likeness (QED) is 0.302. The van der Waals surface area contributed by atoms with Gasteiger partial charge in [0.2, 0.25) is 0 Å². The van der Waals surface area contributed by atoms with Crippen molar-refractivity contribution in [3.63, 3.8) is 0 Å². The molecule has 1 heterocycles. The molecular formula is C26H22F3N3O2S. The smallest absolute Gasteiger partial charge is 0.416 e. The summed E-state index contributed by atoms with van der Waals surface area (Å²) >= 11 is 1.38. The van der Waals surface area contributed by atoms with E-state index in [4.69, 9.17) is 10.5 Å². The number of nitrogen functional groups attached to an aromatic ring is 1. The number of nitrogens with one attached hydrogen (secondary N) is 1. The normalized spacial score (nSPS) is 11.3. The van der Waals surface area contributed by atoms with E-state index in [1.54, 1.807) is 42.5 Å². The Bertz CT molecular complexity index is 1320. The maximum Gasteiger partial charge on any atom is 0.416 e. The second-order valence-electron chi connectivity index (χ2n) is 7.88. The Morgan fingerprint density at radius 2 is 1.77 bits per heavy atom. The third kappa shape index (κ3) is 6.19. The van der Waals surface area contributed by atoms with Crippen molar-refractivity contribution < 1.29 is 22.7 Å². The third-order valence-corrected chi connectivity index (χ3v) is 5.97. The molecule has 180 valence electrons. The molecule has 0 unspecified atom stereocenters. The number of alkyl halides is 3. The zero-order chi connectivity index (χ0) is 25.0. The molecule has 0 aliphatic carbocycles. The topological polar surface area (TPSA) is 77.2 Å². The molecule has 5 nitrogen and oxygen atoms in total. The van der Waals surface area contributed by atoms with Crippen LogP contribution in [0.3, 0.4) is 0 Å². The number of hydrogen-bond acceptors (Lipinski definition) is 5. The van der Waals surface area contributed by atoms with Gasteiger partial charge < -0.3 is 15.8 Å². The van der Waals surface area contributed by atoms with E-state index in [0.717, 1.165) is 23.4 Å². The Morgan fingerprint density at radius 3 is 2.40 bits per heavy atom. The highest BCUT2D eigenvalue weighted by Gasteiger charge is 2.30. The first-order valence-corrected chi connectivity index (χ1v) is 11.6. The number of nitrogens with zero attached hydrogens (tertiary/aromatic N) is 1. The molecule has 1 aromatic heterocycles. The van der Waals surface area contributed by atoms with Crippen LogP contribution in [0.15, 0.2) is 72.1 Å². The van der Waals surface area contributed by atoms with Gasteiger partial charge in [0.05, 0.1) is 17.9 Å². The van der Waals surface area contributed by atoms with Crippen molar-refractivity contribution in [2.24, 2.45) is 0 Å². The van der Waals surface area contributed by atoms with Crippen LogP contribution in [-0.4, -0.2) is 17.5 Å². The number of aryl methyl sites for hydroxylation is 1. The van der Waals surface area contributed by atoms with Gasteiger partial charge in [-0.1, -0.05) is 29.8 Å². The number of halogens is 3. The van der Waals surface area contributed by atoms with Gasteiger partial charge in [-0.2, -0.15) is 13.2 Å². The zero-order valence-electron chi connectivity index (χ0n) is 18.7. The first-order valence-electron chi connectivity index (χ1n) is 10.7.